The van der Waals surface area contributed by atoms with Gasteiger partial charge in [0.15, 0.2) is 0 Å². The van der Waals surface area contributed by atoms with E-state index in [1.807, 2.05) is 0 Å². The Balaban J connectivity index is 1.41. The number of aryl methyl sites for hydroxylation is 4. The van der Waals surface area contributed by atoms with E-state index < -0.39 is 0 Å². The van der Waals surface area contributed by atoms with Gasteiger partial charge in [0.25, 0.3) is 0 Å². The largest absolute Gasteiger partial charge is 0.310 e. The van der Waals surface area contributed by atoms with Crippen LogP contribution in [0.3, 0.4) is 0 Å². The fourth-order valence-electron chi connectivity index (χ4n) is 7.73. The second-order valence-electron chi connectivity index (χ2n) is 14.2. The highest BCUT2D eigenvalue weighted by molar-refractivity contribution is 6.24. The minimum atomic E-state index is 1.08. The number of hydrogen-bond acceptors (Lipinski definition) is 2. The molecule has 0 saturated carbocycles. The average molecular weight is 675 g/mol. The summed E-state index contributed by atoms with van der Waals surface area (Å²) in [5.74, 6) is 0. The Morgan fingerprint density at radius 2 is 0.654 bits per heavy atom. The molecule has 2 heteroatoms. The minimum Gasteiger partial charge on any atom is -0.310 e. The topological polar surface area (TPSA) is 6.48 Å². The van der Waals surface area contributed by atoms with Crippen LogP contribution in [-0.4, -0.2) is 0 Å². The summed E-state index contributed by atoms with van der Waals surface area (Å²) in [4.78, 5) is 4.88. The summed E-state index contributed by atoms with van der Waals surface area (Å²) in [6, 6.07) is 58.9. The van der Waals surface area contributed by atoms with Gasteiger partial charge in [0, 0.05) is 33.5 Å². The highest BCUT2D eigenvalue weighted by atomic mass is 15.1. The number of rotatable bonds is 10. The maximum absolute atomic E-state index is 2.44. The molecule has 0 amide bonds. The molecule has 0 fully saturated rings. The third-order valence-corrected chi connectivity index (χ3v) is 10.4. The average Bonchev–Trinajstić information content (AvgIpc) is 3.18. The normalized spacial score (nSPS) is 11.4. The molecule has 0 N–H and O–H groups in total. The van der Waals surface area contributed by atoms with Crippen molar-refractivity contribution in [2.24, 2.45) is 0 Å². The molecule has 8 rings (SSSR count). The zero-order valence-electron chi connectivity index (χ0n) is 30.7. The zero-order chi connectivity index (χ0) is 35.6. The van der Waals surface area contributed by atoms with Gasteiger partial charge >= 0.3 is 0 Å². The van der Waals surface area contributed by atoms with Crippen LogP contribution in [0.15, 0.2) is 158 Å². The van der Waals surface area contributed by atoms with Gasteiger partial charge in [0.05, 0.1) is 11.4 Å². The molecule has 0 aliphatic rings. The van der Waals surface area contributed by atoms with E-state index in [0.717, 1.165) is 48.4 Å². The Bertz CT molecular complexity index is 2300. The maximum atomic E-state index is 2.44. The molecule has 0 unspecified atom stereocenters. The Morgan fingerprint density at radius 3 is 0.981 bits per heavy atom. The first-order chi connectivity index (χ1) is 25.5. The highest BCUT2D eigenvalue weighted by Crippen LogP contribution is 2.47. The number of fused-ring (bicyclic) bond motifs is 5. The number of hydrogen-bond donors (Lipinski definition) is 0. The van der Waals surface area contributed by atoms with Gasteiger partial charge in [-0.1, -0.05) is 135 Å². The Hall–Kier alpha value is -5.86. The summed E-state index contributed by atoms with van der Waals surface area (Å²) in [5.41, 5.74) is 12.2. The monoisotopic (exact) mass is 674 g/mol. The van der Waals surface area contributed by atoms with Crippen molar-refractivity contribution >= 4 is 66.4 Å². The standard InChI is InChI=1S/C50H46N2/c1-5-11-37-21-29-41(30-22-37)51(39-25-17-35(3)18-26-39)49-33-47-44-14-8-10-16-46(44)50(34-48(47)43-13-7-9-15-45(43)49)52(40-27-19-36(4)20-28-40)42-31-23-38(12-6-2)24-32-42/h7-10,13-34H,5-6,11-12H2,1-4H3. The third kappa shape index (κ3) is 6.31. The van der Waals surface area contributed by atoms with Crippen molar-refractivity contribution < 1.29 is 0 Å². The van der Waals surface area contributed by atoms with E-state index in [4.69, 9.17) is 0 Å². The molecule has 2 nitrogen and oxygen atoms in total. The van der Waals surface area contributed by atoms with Crippen LogP contribution in [-0.2, 0) is 12.8 Å². The van der Waals surface area contributed by atoms with E-state index >= 15 is 0 Å². The van der Waals surface area contributed by atoms with Gasteiger partial charge in [-0.3, -0.25) is 0 Å². The van der Waals surface area contributed by atoms with Crippen LogP contribution in [0, 0.1) is 13.8 Å². The van der Waals surface area contributed by atoms with Gasteiger partial charge in [-0.05, 0) is 120 Å². The lowest BCUT2D eigenvalue weighted by atomic mass is 9.93. The van der Waals surface area contributed by atoms with Gasteiger partial charge in [0.1, 0.15) is 0 Å². The third-order valence-electron chi connectivity index (χ3n) is 10.4. The summed E-state index contributed by atoms with van der Waals surface area (Å²) in [6.45, 7) is 8.80. The molecule has 256 valence electrons. The second-order valence-corrected chi connectivity index (χ2v) is 14.2. The highest BCUT2D eigenvalue weighted by Gasteiger charge is 2.22. The molecule has 8 aromatic rings. The Labute approximate surface area is 308 Å². The second kappa shape index (κ2) is 14.4. The van der Waals surface area contributed by atoms with E-state index in [1.54, 1.807) is 0 Å². The van der Waals surface area contributed by atoms with Gasteiger partial charge < -0.3 is 9.80 Å². The van der Waals surface area contributed by atoms with Crippen LogP contribution in [0.2, 0.25) is 0 Å². The fourth-order valence-corrected chi connectivity index (χ4v) is 7.73. The van der Waals surface area contributed by atoms with Crippen molar-refractivity contribution in [3.05, 3.63) is 180 Å². The van der Waals surface area contributed by atoms with Gasteiger partial charge in [0.2, 0.25) is 0 Å². The molecule has 0 aliphatic carbocycles. The minimum absolute atomic E-state index is 1.08. The molecule has 0 aromatic heterocycles. The zero-order valence-corrected chi connectivity index (χ0v) is 30.7. The molecule has 0 radical (unpaired) electrons. The summed E-state index contributed by atoms with van der Waals surface area (Å²) in [7, 11) is 0. The molecule has 0 spiro atoms. The summed E-state index contributed by atoms with van der Waals surface area (Å²) >= 11 is 0. The fraction of sp³-hybridized carbons (Fsp3) is 0.160. The predicted molar refractivity (Wildman–Crippen MR) is 226 cm³/mol. The van der Waals surface area contributed by atoms with Gasteiger partial charge in [-0.25, -0.2) is 0 Å². The number of nitrogens with zero attached hydrogens (tertiary/aromatic N) is 2. The Kier molecular flexibility index (Phi) is 9.22. The molecule has 0 aliphatic heterocycles. The maximum Gasteiger partial charge on any atom is 0.0546 e. The lowest BCUT2D eigenvalue weighted by molar-refractivity contribution is 0.922. The van der Waals surface area contributed by atoms with Gasteiger partial charge in [-0.15, -0.1) is 0 Å². The first-order valence-corrected chi connectivity index (χ1v) is 18.8. The summed E-state index contributed by atoms with van der Waals surface area (Å²) in [5, 5.41) is 7.41. The molecule has 0 heterocycles. The van der Waals surface area contributed by atoms with Crippen LogP contribution in [0.4, 0.5) is 34.1 Å². The van der Waals surface area contributed by atoms with E-state index in [-0.39, 0.29) is 0 Å². The number of benzene rings is 8. The Morgan fingerprint density at radius 1 is 0.346 bits per heavy atom. The van der Waals surface area contributed by atoms with Crippen molar-refractivity contribution in [1.82, 2.24) is 0 Å². The molecular weight excluding hydrogens is 629 g/mol. The molecule has 0 bridgehead atoms. The molecular formula is C50H46N2. The van der Waals surface area contributed by atoms with Crippen molar-refractivity contribution in [2.75, 3.05) is 9.80 Å². The van der Waals surface area contributed by atoms with Crippen molar-refractivity contribution in [3.63, 3.8) is 0 Å². The summed E-state index contributed by atoms with van der Waals surface area (Å²) < 4.78 is 0. The molecule has 52 heavy (non-hydrogen) atoms. The van der Waals surface area contributed by atoms with E-state index in [9.17, 15) is 0 Å². The molecule has 8 aromatic carbocycles. The van der Waals surface area contributed by atoms with Crippen LogP contribution in [0.5, 0.6) is 0 Å². The smallest absolute Gasteiger partial charge is 0.0546 e. The van der Waals surface area contributed by atoms with Crippen molar-refractivity contribution in [2.45, 2.75) is 53.4 Å². The lowest BCUT2D eigenvalue weighted by Gasteiger charge is -2.30. The predicted octanol–water partition coefficient (Wildman–Crippen LogP) is 14.6. The molecule has 0 saturated heterocycles. The quantitative estimate of drug-likeness (QED) is 0.133. The van der Waals surface area contributed by atoms with Gasteiger partial charge in [-0.2, -0.15) is 0 Å². The van der Waals surface area contributed by atoms with Crippen LogP contribution in [0.1, 0.15) is 48.9 Å². The first kappa shape index (κ1) is 33.3. The first-order valence-electron chi connectivity index (χ1n) is 18.8. The SMILES string of the molecule is CCCc1ccc(N(c2ccc(C)cc2)c2cc3c4ccccc4c(N(c4ccc(C)cc4)c4ccc(CCC)cc4)cc3c3ccccc23)cc1. The van der Waals surface area contributed by atoms with E-state index in [0.29, 0.717) is 0 Å². The van der Waals surface area contributed by atoms with Crippen molar-refractivity contribution in [3.8, 4) is 0 Å². The van der Waals surface area contributed by atoms with Crippen molar-refractivity contribution in [1.29, 1.82) is 0 Å². The number of anilines is 6. The van der Waals surface area contributed by atoms with E-state index in [1.165, 1.54) is 65.9 Å². The van der Waals surface area contributed by atoms with E-state index in [2.05, 4.69) is 195 Å². The van der Waals surface area contributed by atoms with Crippen LogP contribution < -0.4 is 9.80 Å². The van der Waals surface area contributed by atoms with Crippen LogP contribution >= 0.6 is 0 Å². The lowest BCUT2D eigenvalue weighted by Crippen LogP contribution is -2.12. The van der Waals surface area contributed by atoms with Crippen LogP contribution in [0.25, 0.3) is 32.3 Å². The summed E-state index contributed by atoms with van der Waals surface area (Å²) in [6.07, 6.45) is 4.44. The molecule has 0 atom stereocenters.